The number of amides is 1. The molecule has 0 bridgehead atoms. The fourth-order valence-corrected chi connectivity index (χ4v) is 5.49. The molecule has 31 heavy (non-hydrogen) atoms. The van der Waals surface area contributed by atoms with Crippen molar-refractivity contribution in [3.05, 3.63) is 59.1 Å². The topological polar surface area (TPSA) is 69.7 Å². The van der Waals surface area contributed by atoms with E-state index in [0.29, 0.717) is 43.4 Å². The van der Waals surface area contributed by atoms with Crippen molar-refractivity contribution in [3.8, 4) is 0 Å². The minimum Gasteiger partial charge on any atom is -0.367 e. The number of nitrogens with zero attached hydrogens (tertiary/aromatic N) is 2. The number of piperazine rings is 1. The highest BCUT2D eigenvalue weighted by Gasteiger charge is 2.31. The molecule has 2 aromatic rings. The maximum atomic E-state index is 13.2. The highest BCUT2D eigenvalue weighted by Crippen LogP contribution is 2.26. The first-order chi connectivity index (χ1) is 14.8. The third-order valence-electron chi connectivity index (χ3n) is 5.32. The molecule has 0 aromatic heterocycles. The summed E-state index contributed by atoms with van der Waals surface area (Å²) in [6.07, 6.45) is 2.38. The van der Waals surface area contributed by atoms with Crippen molar-refractivity contribution in [1.29, 1.82) is 0 Å². The summed E-state index contributed by atoms with van der Waals surface area (Å²) in [5.74, 6) is 0.510. The zero-order valence-corrected chi connectivity index (χ0v) is 20.1. The van der Waals surface area contributed by atoms with E-state index in [1.165, 1.54) is 0 Å². The number of halogens is 1. The van der Waals surface area contributed by atoms with Crippen LogP contribution in [-0.4, -0.2) is 63.5 Å². The van der Waals surface area contributed by atoms with Crippen molar-refractivity contribution in [2.75, 3.05) is 43.1 Å². The molecule has 2 aromatic carbocycles. The lowest BCUT2D eigenvalue weighted by Crippen LogP contribution is -2.55. The highest BCUT2D eigenvalue weighted by molar-refractivity contribution is 7.98. The SMILES string of the molecule is CSCCC(NS(=O)(=O)c1ccc(C)cc1)C(=O)N1CCN(c2ccccc2Cl)CC1. The summed E-state index contributed by atoms with van der Waals surface area (Å²) in [6, 6.07) is 13.5. The summed E-state index contributed by atoms with van der Waals surface area (Å²) in [5, 5.41) is 0.686. The van der Waals surface area contributed by atoms with E-state index in [-0.39, 0.29) is 10.8 Å². The van der Waals surface area contributed by atoms with E-state index < -0.39 is 16.1 Å². The first-order valence-corrected chi connectivity index (χ1v) is 13.4. The Kier molecular flexibility index (Phi) is 8.27. The van der Waals surface area contributed by atoms with Crippen molar-refractivity contribution in [3.63, 3.8) is 0 Å². The standard InChI is InChI=1S/C22H28ClN3O3S2/c1-17-7-9-18(10-8-17)31(28,29)24-20(11-16-30-2)22(27)26-14-12-25(13-15-26)21-6-4-3-5-19(21)23/h3-10,20,24H,11-16H2,1-2H3. The summed E-state index contributed by atoms with van der Waals surface area (Å²) >= 11 is 7.89. The maximum Gasteiger partial charge on any atom is 0.241 e. The number of aryl methyl sites for hydroxylation is 1. The fourth-order valence-electron chi connectivity index (χ4n) is 3.54. The molecule has 1 fully saturated rings. The summed E-state index contributed by atoms with van der Waals surface area (Å²) in [7, 11) is -3.78. The van der Waals surface area contributed by atoms with Crippen LogP contribution in [0.1, 0.15) is 12.0 Å². The molecule has 0 spiro atoms. The van der Waals surface area contributed by atoms with Crippen molar-refractivity contribution < 1.29 is 13.2 Å². The first kappa shape index (κ1) is 23.9. The van der Waals surface area contributed by atoms with Gasteiger partial charge >= 0.3 is 0 Å². The minimum absolute atomic E-state index is 0.170. The summed E-state index contributed by atoms with van der Waals surface area (Å²) in [6.45, 7) is 4.24. The van der Waals surface area contributed by atoms with E-state index >= 15 is 0 Å². The van der Waals surface area contributed by atoms with Crippen LogP contribution in [0.3, 0.4) is 0 Å². The molecule has 1 aliphatic rings. The Labute approximate surface area is 194 Å². The second-order valence-corrected chi connectivity index (χ2v) is 10.6. The number of para-hydroxylation sites is 1. The Morgan fingerprint density at radius 3 is 2.35 bits per heavy atom. The zero-order valence-electron chi connectivity index (χ0n) is 17.8. The number of hydrogen-bond donors (Lipinski definition) is 1. The Balaban J connectivity index is 1.69. The van der Waals surface area contributed by atoms with Crippen LogP contribution in [0.15, 0.2) is 53.4 Å². The lowest BCUT2D eigenvalue weighted by atomic mass is 10.2. The van der Waals surface area contributed by atoms with Gasteiger partial charge < -0.3 is 9.80 Å². The molecule has 1 N–H and O–H groups in total. The molecular formula is C22H28ClN3O3S2. The largest absolute Gasteiger partial charge is 0.367 e. The number of carbonyl (C=O) groups excluding carboxylic acids is 1. The van der Waals surface area contributed by atoms with Gasteiger partial charge in [-0.05, 0) is 49.6 Å². The minimum atomic E-state index is -3.78. The second-order valence-electron chi connectivity index (χ2n) is 7.53. The molecule has 9 heteroatoms. The average molecular weight is 482 g/mol. The Bertz CT molecular complexity index is 991. The van der Waals surface area contributed by atoms with Gasteiger partial charge in [-0.3, -0.25) is 4.79 Å². The monoisotopic (exact) mass is 481 g/mol. The number of carbonyl (C=O) groups is 1. The van der Waals surface area contributed by atoms with E-state index in [1.807, 2.05) is 37.4 Å². The number of nitrogens with one attached hydrogen (secondary N) is 1. The van der Waals surface area contributed by atoms with Crippen LogP contribution < -0.4 is 9.62 Å². The fraction of sp³-hybridized carbons (Fsp3) is 0.409. The van der Waals surface area contributed by atoms with Gasteiger partial charge in [0.15, 0.2) is 0 Å². The van der Waals surface area contributed by atoms with Gasteiger partial charge in [0.25, 0.3) is 0 Å². The van der Waals surface area contributed by atoms with Gasteiger partial charge in [0.2, 0.25) is 15.9 Å². The van der Waals surface area contributed by atoms with Crippen molar-refractivity contribution >= 4 is 45.0 Å². The predicted octanol–water partition coefficient (Wildman–Crippen LogP) is 3.40. The van der Waals surface area contributed by atoms with Gasteiger partial charge in [0, 0.05) is 26.2 Å². The van der Waals surface area contributed by atoms with Crippen LogP contribution in [0.2, 0.25) is 5.02 Å². The normalized spacial score (nSPS) is 15.7. The molecular weight excluding hydrogens is 454 g/mol. The number of rotatable bonds is 8. The van der Waals surface area contributed by atoms with Gasteiger partial charge in [-0.1, -0.05) is 41.4 Å². The van der Waals surface area contributed by atoms with E-state index in [4.69, 9.17) is 11.6 Å². The Hall–Kier alpha value is -1.74. The van der Waals surface area contributed by atoms with Crippen LogP contribution in [0, 0.1) is 6.92 Å². The molecule has 1 amide bonds. The number of sulfonamides is 1. The molecule has 168 valence electrons. The molecule has 0 aliphatic carbocycles. The number of benzene rings is 2. The smallest absolute Gasteiger partial charge is 0.241 e. The second kappa shape index (κ2) is 10.7. The van der Waals surface area contributed by atoms with Crippen molar-refractivity contribution in [2.45, 2.75) is 24.3 Å². The summed E-state index contributed by atoms with van der Waals surface area (Å²) in [5.41, 5.74) is 1.93. The molecule has 6 nitrogen and oxygen atoms in total. The molecule has 1 atom stereocenters. The van der Waals surface area contributed by atoms with E-state index in [1.54, 1.807) is 40.9 Å². The lowest BCUT2D eigenvalue weighted by molar-refractivity contribution is -0.133. The summed E-state index contributed by atoms with van der Waals surface area (Å²) in [4.78, 5) is 17.3. The van der Waals surface area contributed by atoms with Gasteiger partial charge in [0.1, 0.15) is 6.04 Å². The molecule has 1 unspecified atom stereocenters. The highest BCUT2D eigenvalue weighted by atomic mass is 35.5. The lowest BCUT2D eigenvalue weighted by Gasteiger charge is -2.38. The zero-order chi connectivity index (χ0) is 22.4. The van der Waals surface area contributed by atoms with Gasteiger partial charge in [-0.15, -0.1) is 0 Å². The Morgan fingerprint density at radius 1 is 1.10 bits per heavy atom. The van der Waals surface area contributed by atoms with Crippen LogP contribution in [0.4, 0.5) is 5.69 Å². The van der Waals surface area contributed by atoms with Gasteiger partial charge in [-0.25, -0.2) is 8.42 Å². The molecule has 1 heterocycles. The Morgan fingerprint density at radius 2 is 1.74 bits per heavy atom. The van der Waals surface area contributed by atoms with Crippen molar-refractivity contribution in [1.82, 2.24) is 9.62 Å². The van der Waals surface area contributed by atoms with Crippen LogP contribution in [0.25, 0.3) is 0 Å². The average Bonchev–Trinajstić information content (AvgIpc) is 2.77. The van der Waals surface area contributed by atoms with Gasteiger partial charge in [-0.2, -0.15) is 16.5 Å². The van der Waals surface area contributed by atoms with Crippen LogP contribution in [0.5, 0.6) is 0 Å². The van der Waals surface area contributed by atoms with Gasteiger partial charge in [0.05, 0.1) is 15.6 Å². The van der Waals surface area contributed by atoms with Crippen LogP contribution in [-0.2, 0) is 14.8 Å². The third-order valence-corrected chi connectivity index (χ3v) is 7.77. The number of anilines is 1. The molecule has 1 saturated heterocycles. The third kappa shape index (κ3) is 6.16. The quantitative estimate of drug-likeness (QED) is 0.625. The first-order valence-electron chi connectivity index (χ1n) is 10.2. The van der Waals surface area contributed by atoms with Crippen molar-refractivity contribution in [2.24, 2.45) is 0 Å². The van der Waals surface area contributed by atoms with E-state index in [0.717, 1.165) is 11.3 Å². The molecule has 3 rings (SSSR count). The predicted molar refractivity (Wildman–Crippen MR) is 129 cm³/mol. The summed E-state index contributed by atoms with van der Waals surface area (Å²) < 4.78 is 28.4. The molecule has 1 aliphatic heterocycles. The van der Waals surface area contributed by atoms with E-state index in [9.17, 15) is 13.2 Å². The van der Waals surface area contributed by atoms with E-state index in [2.05, 4.69) is 9.62 Å². The van der Waals surface area contributed by atoms with Crippen LogP contribution >= 0.6 is 23.4 Å². The molecule has 0 radical (unpaired) electrons. The number of thioether (sulfide) groups is 1. The maximum absolute atomic E-state index is 13.2. The molecule has 0 saturated carbocycles. The number of hydrogen-bond acceptors (Lipinski definition) is 5.